The Labute approximate surface area is 95.7 Å². The normalized spacial score (nSPS) is 11.1. The smallest absolute Gasteiger partial charge is 0.405 e. The summed E-state index contributed by atoms with van der Waals surface area (Å²) in [5.41, 5.74) is 0.377. The molecule has 0 atom stereocenters. The summed E-state index contributed by atoms with van der Waals surface area (Å²) in [6.45, 7) is -1.38. The Bertz CT molecular complexity index is 390. The summed E-state index contributed by atoms with van der Waals surface area (Å²) in [7, 11) is 1.33. The third kappa shape index (κ3) is 4.21. The number of amides is 2. The molecule has 1 aromatic rings. The Morgan fingerprint density at radius 1 is 1.35 bits per heavy atom. The molecule has 0 fully saturated rings. The van der Waals surface area contributed by atoms with Crippen LogP contribution in [0, 0.1) is 0 Å². The predicted molar refractivity (Wildman–Crippen MR) is 56.0 cm³/mol. The van der Waals surface area contributed by atoms with Crippen molar-refractivity contribution in [2.24, 2.45) is 0 Å². The predicted octanol–water partition coefficient (Wildman–Crippen LogP) is 2.10. The molecule has 0 aliphatic heterocycles. The number of rotatable bonds is 2. The van der Waals surface area contributed by atoms with E-state index in [9.17, 15) is 18.0 Å². The second kappa shape index (κ2) is 4.94. The van der Waals surface area contributed by atoms with Crippen LogP contribution in [0.5, 0.6) is 5.75 Å². The first kappa shape index (κ1) is 13.1. The zero-order chi connectivity index (χ0) is 13.1. The van der Waals surface area contributed by atoms with E-state index in [-0.39, 0.29) is 5.75 Å². The number of halogens is 3. The summed E-state index contributed by atoms with van der Waals surface area (Å²) in [4.78, 5) is 12.3. The van der Waals surface area contributed by atoms with Gasteiger partial charge in [0.15, 0.2) is 0 Å². The van der Waals surface area contributed by atoms with Crippen molar-refractivity contribution in [3.05, 3.63) is 24.3 Å². The molecule has 4 nitrogen and oxygen atoms in total. The minimum absolute atomic E-state index is 0.0119. The van der Waals surface area contributed by atoms with Gasteiger partial charge in [-0.05, 0) is 24.3 Å². The van der Waals surface area contributed by atoms with Gasteiger partial charge < -0.3 is 10.4 Å². The van der Waals surface area contributed by atoms with Crippen molar-refractivity contribution in [1.82, 2.24) is 5.32 Å². The van der Waals surface area contributed by atoms with Crippen LogP contribution in [-0.2, 0) is 0 Å². The van der Waals surface area contributed by atoms with E-state index in [1.807, 2.05) is 0 Å². The molecular weight excluding hydrogens is 237 g/mol. The molecule has 7 heteroatoms. The van der Waals surface area contributed by atoms with Crippen molar-refractivity contribution in [2.45, 2.75) is 6.18 Å². The average molecular weight is 248 g/mol. The van der Waals surface area contributed by atoms with Crippen molar-refractivity contribution < 1.29 is 23.1 Å². The zero-order valence-electron chi connectivity index (χ0n) is 8.95. The van der Waals surface area contributed by atoms with E-state index in [0.717, 1.165) is 4.90 Å². The molecule has 2 amide bonds. The summed E-state index contributed by atoms with van der Waals surface area (Å²) in [6, 6.07) is 4.64. The van der Waals surface area contributed by atoms with Crippen molar-refractivity contribution in [3.63, 3.8) is 0 Å². The molecule has 0 aromatic heterocycles. The molecule has 0 spiro atoms. The number of hydrogen-bond donors (Lipinski definition) is 2. The van der Waals surface area contributed by atoms with E-state index in [1.165, 1.54) is 31.3 Å². The Kier molecular flexibility index (Phi) is 3.82. The molecule has 94 valence electrons. The summed E-state index contributed by atoms with van der Waals surface area (Å²) in [5, 5.41) is 10.8. The molecule has 0 aliphatic rings. The van der Waals surface area contributed by atoms with Crippen LogP contribution in [-0.4, -0.2) is 30.9 Å². The van der Waals surface area contributed by atoms with Crippen LogP contribution >= 0.6 is 0 Å². The maximum atomic E-state index is 11.9. The third-order valence-electron chi connectivity index (χ3n) is 1.98. The van der Waals surface area contributed by atoms with E-state index >= 15 is 0 Å². The van der Waals surface area contributed by atoms with Gasteiger partial charge in [-0.15, -0.1) is 0 Å². The molecule has 0 aliphatic carbocycles. The molecule has 0 saturated heterocycles. The Hall–Kier alpha value is -1.92. The van der Waals surface area contributed by atoms with Crippen LogP contribution in [0.15, 0.2) is 24.3 Å². The lowest BCUT2D eigenvalue weighted by Gasteiger charge is -2.18. The molecule has 0 heterocycles. The van der Waals surface area contributed by atoms with Crippen LogP contribution in [0.2, 0.25) is 0 Å². The van der Waals surface area contributed by atoms with Crippen LogP contribution in [0.1, 0.15) is 0 Å². The Morgan fingerprint density at radius 3 is 2.35 bits per heavy atom. The number of carbonyl (C=O) groups excluding carboxylic acids is 1. The minimum atomic E-state index is -4.44. The number of anilines is 1. The van der Waals surface area contributed by atoms with Gasteiger partial charge in [0.1, 0.15) is 12.3 Å². The number of carbonyl (C=O) groups is 1. The second-order valence-corrected chi connectivity index (χ2v) is 3.35. The van der Waals surface area contributed by atoms with Crippen LogP contribution < -0.4 is 10.2 Å². The van der Waals surface area contributed by atoms with Crippen LogP contribution in [0.4, 0.5) is 23.7 Å². The van der Waals surface area contributed by atoms with Crippen molar-refractivity contribution in [3.8, 4) is 5.75 Å². The standard InChI is InChI=1S/C10H11F3N2O2/c1-15(7-2-4-8(16)5-3-7)9(17)14-6-10(11,12)13/h2-5,16H,6H2,1H3,(H,14,17). The van der Waals surface area contributed by atoms with Crippen molar-refractivity contribution >= 4 is 11.7 Å². The van der Waals surface area contributed by atoms with Gasteiger partial charge in [-0.25, -0.2) is 4.79 Å². The summed E-state index contributed by atoms with van der Waals surface area (Å²) in [6.07, 6.45) is -4.44. The van der Waals surface area contributed by atoms with Gasteiger partial charge in [-0.2, -0.15) is 13.2 Å². The van der Waals surface area contributed by atoms with Crippen LogP contribution in [0.25, 0.3) is 0 Å². The molecule has 0 radical (unpaired) electrons. The number of hydrogen-bond acceptors (Lipinski definition) is 2. The minimum Gasteiger partial charge on any atom is -0.508 e. The third-order valence-corrected chi connectivity index (χ3v) is 1.98. The van der Waals surface area contributed by atoms with E-state index in [1.54, 1.807) is 5.32 Å². The van der Waals surface area contributed by atoms with E-state index in [2.05, 4.69) is 0 Å². The molecule has 1 rings (SSSR count). The van der Waals surface area contributed by atoms with Gasteiger partial charge in [0.25, 0.3) is 0 Å². The lowest BCUT2D eigenvalue weighted by Crippen LogP contribution is -2.41. The van der Waals surface area contributed by atoms with Gasteiger partial charge in [-0.3, -0.25) is 4.90 Å². The van der Waals surface area contributed by atoms with Crippen molar-refractivity contribution in [1.29, 1.82) is 0 Å². The zero-order valence-corrected chi connectivity index (χ0v) is 8.95. The second-order valence-electron chi connectivity index (χ2n) is 3.35. The molecule has 1 aromatic carbocycles. The highest BCUT2D eigenvalue weighted by Gasteiger charge is 2.28. The monoisotopic (exact) mass is 248 g/mol. The summed E-state index contributed by atoms with van der Waals surface area (Å²) in [5.74, 6) is 0.0119. The molecule has 2 N–H and O–H groups in total. The lowest BCUT2D eigenvalue weighted by atomic mass is 10.3. The molecule has 0 bridgehead atoms. The largest absolute Gasteiger partial charge is 0.508 e. The van der Waals surface area contributed by atoms with E-state index < -0.39 is 18.8 Å². The number of urea groups is 1. The van der Waals surface area contributed by atoms with E-state index in [0.29, 0.717) is 5.69 Å². The van der Waals surface area contributed by atoms with Crippen molar-refractivity contribution in [2.75, 3.05) is 18.5 Å². The highest BCUT2D eigenvalue weighted by molar-refractivity contribution is 5.91. The Morgan fingerprint density at radius 2 is 1.88 bits per heavy atom. The highest BCUT2D eigenvalue weighted by atomic mass is 19.4. The fourth-order valence-electron chi connectivity index (χ4n) is 1.09. The van der Waals surface area contributed by atoms with Gasteiger partial charge in [0.2, 0.25) is 0 Å². The number of benzene rings is 1. The number of phenols is 1. The summed E-state index contributed by atoms with van der Waals surface area (Å²) < 4.78 is 35.6. The SMILES string of the molecule is CN(C(=O)NCC(F)(F)F)c1ccc(O)cc1. The van der Waals surface area contributed by atoms with E-state index in [4.69, 9.17) is 5.11 Å². The molecule has 17 heavy (non-hydrogen) atoms. The maximum absolute atomic E-state index is 11.9. The molecule has 0 saturated carbocycles. The summed E-state index contributed by atoms with van der Waals surface area (Å²) >= 11 is 0. The maximum Gasteiger partial charge on any atom is 0.405 e. The number of nitrogens with zero attached hydrogens (tertiary/aromatic N) is 1. The fourth-order valence-corrected chi connectivity index (χ4v) is 1.09. The molecular formula is C10H11F3N2O2. The average Bonchev–Trinajstić information content (AvgIpc) is 2.25. The first-order chi connectivity index (χ1) is 7.79. The van der Waals surface area contributed by atoms with Gasteiger partial charge in [0, 0.05) is 12.7 Å². The number of aromatic hydroxyl groups is 1. The first-order valence-corrected chi connectivity index (χ1v) is 4.67. The first-order valence-electron chi connectivity index (χ1n) is 4.67. The Balaban J connectivity index is 2.61. The van der Waals surface area contributed by atoms with Crippen LogP contribution in [0.3, 0.4) is 0 Å². The lowest BCUT2D eigenvalue weighted by molar-refractivity contribution is -0.122. The number of phenolic OH excluding ortho intramolecular Hbond substituents is 1. The van der Waals surface area contributed by atoms with Gasteiger partial charge in [0.05, 0.1) is 0 Å². The quantitative estimate of drug-likeness (QED) is 0.842. The topological polar surface area (TPSA) is 52.6 Å². The van der Waals surface area contributed by atoms with Gasteiger partial charge in [-0.1, -0.05) is 0 Å². The number of alkyl halides is 3. The molecule has 0 unspecified atom stereocenters. The number of nitrogens with one attached hydrogen (secondary N) is 1. The van der Waals surface area contributed by atoms with Gasteiger partial charge >= 0.3 is 12.2 Å². The fraction of sp³-hybridized carbons (Fsp3) is 0.300. The highest BCUT2D eigenvalue weighted by Crippen LogP contribution is 2.17.